The third kappa shape index (κ3) is 5.24. The average molecular weight is 278 g/mol. The summed E-state index contributed by atoms with van der Waals surface area (Å²) in [5.74, 6) is 2.17. The molecule has 3 nitrogen and oxygen atoms in total. The molecule has 1 aromatic carbocycles. The van der Waals surface area contributed by atoms with E-state index in [1.807, 2.05) is 26.0 Å². The van der Waals surface area contributed by atoms with Crippen LogP contribution in [0.25, 0.3) is 0 Å². The second-order valence-corrected chi connectivity index (χ2v) is 5.24. The zero-order valence-electron chi connectivity index (χ0n) is 13.1. The molecule has 112 valence electrons. The lowest BCUT2D eigenvalue weighted by Gasteiger charge is -2.12. The first-order valence-corrected chi connectivity index (χ1v) is 7.51. The predicted molar refractivity (Wildman–Crippen MR) is 81.8 cm³/mol. The Balaban J connectivity index is 2.74. The summed E-state index contributed by atoms with van der Waals surface area (Å²) < 4.78 is 11.0. The first kappa shape index (κ1) is 16.5. The van der Waals surface area contributed by atoms with Gasteiger partial charge in [-0.15, -0.1) is 0 Å². The van der Waals surface area contributed by atoms with Gasteiger partial charge in [0.15, 0.2) is 17.3 Å². The zero-order chi connectivity index (χ0) is 15.0. The minimum Gasteiger partial charge on any atom is -0.490 e. The van der Waals surface area contributed by atoms with Crippen LogP contribution in [0.15, 0.2) is 18.2 Å². The predicted octanol–water partition coefficient (Wildman–Crippen LogP) is 4.49. The Morgan fingerprint density at radius 1 is 1.10 bits per heavy atom. The van der Waals surface area contributed by atoms with Crippen molar-refractivity contribution in [1.82, 2.24) is 0 Å². The summed E-state index contributed by atoms with van der Waals surface area (Å²) in [6.07, 6.45) is 2.62. The lowest BCUT2D eigenvalue weighted by Crippen LogP contribution is -2.03. The van der Waals surface area contributed by atoms with Crippen LogP contribution in [-0.2, 0) is 0 Å². The van der Waals surface area contributed by atoms with Gasteiger partial charge in [0.1, 0.15) is 0 Å². The molecule has 0 heterocycles. The minimum absolute atomic E-state index is 0.176. The van der Waals surface area contributed by atoms with Crippen molar-refractivity contribution >= 4 is 5.78 Å². The summed E-state index contributed by atoms with van der Waals surface area (Å²) in [6.45, 7) is 9.35. The third-order valence-corrected chi connectivity index (χ3v) is 3.05. The molecule has 0 spiro atoms. The number of carbonyl (C=O) groups excluding carboxylic acids is 1. The van der Waals surface area contributed by atoms with Crippen LogP contribution in [0.4, 0.5) is 0 Å². The second kappa shape index (κ2) is 8.62. The first-order chi connectivity index (χ1) is 9.58. The summed E-state index contributed by atoms with van der Waals surface area (Å²) in [5.41, 5.74) is 0.709. The van der Waals surface area contributed by atoms with Gasteiger partial charge in [-0.1, -0.05) is 20.3 Å². The molecule has 0 aromatic heterocycles. The van der Waals surface area contributed by atoms with Gasteiger partial charge >= 0.3 is 0 Å². The first-order valence-electron chi connectivity index (χ1n) is 7.51. The number of ether oxygens (including phenoxy) is 2. The van der Waals surface area contributed by atoms with Crippen molar-refractivity contribution in [2.45, 2.75) is 47.0 Å². The van der Waals surface area contributed by atoms with E-state index in [2.05, 4.69) is 13.8 Å². The normalized spacial score (nSPS) is 10.7. The van der Waals surface area contributed by atoms with Gasteiger partial charge in [-0.2, -0.15) is 0 Å². The van der Waals surface area contributed by atoms with Crippen molar-refractivity contribution < 1.29 is 14.3 Å². The average Bonchev–Trinajstić information content (AvgIpc) is 2.40. The summed E-state index contributed by atoms with van der Waals surface area (Å²) in [7, 11) is 0. The van der Waals surface area contributed by atoms with E-state index in [-0.39, 0.29) is 5.78 Å². The maximum atomic E-state index is 12.2. The maximum Gasteiger partial charge on any atom is 0.163 e. The van der Waals surface area contributed by atoms with Crippen LogP contribution in [0, 0.1) is 5.92 Å². The standard InChI is InChI=1S/C17H26O3/c1-5-19-16-11-10-14(12-17(16)20-6-2)15(18)9-7-8-13(3)4/h10-13H,5-9H2,1-4H3. The highest BCUT2D eigenvalue weighted by Crippen LogP contribution is 2.29. The van der Waals surface area contributed by atoms with Gasteiger partial charge in [-0.3, -0.25) is 4.79 Å². The Kier molecular flexibility index (Phi) is 7.13. The van der Waals surface area contributed by atoms with Crippen LogP contribution in [0.2, 0.25) is 0 Å². The quantitative estimate of drug-likeness (QED) is 0.624. The van der Waals surface area contributed by atoms with Crippen LogP contribution in [0.5, 0.6) is 11.5 Å². The molecule has 0 saturated carbocycles. The highest BCUT2D eigenvalue weighted by molar-refractivity contribution is 5.96. The van der Waals surface area contributed by atoms with Crippen LogP contribution in [0.3, 0.4) is 0 Å². The van der Waals surface area contributed by atoms with E-state index in [4.69, 9.17) is 9.47 Å². The summed E-state index contributed by atoms with van der Waals surface area (Å²) in [6, 6.07) is 5.45. The van der Waals surface area contributed by atoms with Gasteiger partial charge in [0.05, 0.1) is 13.2 Å². The number of hydrogen-bond donors (Lipinski definition) is 0. The molecule has 0 amide bonds. The van der Waals surface area contributed by atoms with E-state index in [9.17, 15) is 4.79 Å². The number of benzene rings is 1. The van der Waals surface area contributed by atoms with E-state index in [1.54, 1.807) is 6.07 Å². The van der Waals surface area contributed by atoms with Gasteiger partial charge < -0.3 is 9.47 Å². The van der Waals surface area contributed by atoms with Crippen molar-refractivity contribution in [3.63, 3.8) is 0 Å². The largest absolute Gasteiger partial charge is 0.490 e. The molecule has 0 saturated heterocycles. The summed E-state index contributed by atoms with van der Waals surface area (Å²) in [5, 5.41) is 0. The molecule has 1 aromatic rings. The molecular formula is C17H26O3. The van der Waals surface area contributed by atoms with Gasteiger partial charge in [0, 0.05) is 12.0 Å². The second-order valence-electron chi connectivity index (χ2n) is 5.24. The van der Waals surface area contributed by atoms with Crippen molar-refractivity contribution in [1.29, 1.82) is 0 Å². The topological polar surface area (TPSA) is 35.5 Å². The van der Waals surface area contributed by atoms with E-state index >= 15 is 0 Å². The molecule has 0 bridgehead atoms. The van der Waals surface area contributed by atoms with E-state index in [1.165, 1.54) is 0 Å². The van der Waals surface area contributed by atoms with Crippen LogP contribution < -0.4 is 9.47 Å². The number of ketones is 1. The molecule has 0 atom stereocenters. The molecule has 0 aliphatic carbocycles. The number of rotatable bonds is 9. The lowest BCUT2D eigenvalue weighted by molar-refractivity contribution is 0.0977. The maximum absolute atomic E-state index is 12.2. The highest BCUT2D eigenvalue weighted by atomic mass is 16.5. The fraction of sp³-hybridized carbons (Fsp3) is 0.588. The zero-order valence-corrected chi connectivity index (χ0v) is 13.1. The third-order valence-electron chi connectivity index (χ3n) is 3.05. The van der Waals surface area contributed by atoms with Crippen molar-refractivity contribution in [3.05, 3.63) is 23.8 Å². The Hall–Kier alpha value is -1.51. The fourth-order valence-electron chi connectivity index (χ4n) is 2.04. The molecule has 0 radical (unpaired) electrons. The van der Waals surface area contributed by atoms with E-state index in [0.29, 0.717) is 42.6 Å². The molecule has 20 heavy (non-hydrogen) atoms. The Labute approximate surface area is 122 Å². The summed E-state index contributed by atoms with van der Waals surface area (Å²) >= 11 is 0. The Bertz CT molecular complexity index is 424. The summed E-state index contributed by atoms with van der Waals surface area (Å²) in [4.78, 5) is 12.2. The van der Waals surface area contributed by atoms with Gasteiger partial charge in [0.25, 0.3) is 0 Å². The number of hydrogen-bond acceptors (Lipinski definition) is 3. The van der Waals surface area contributed by atoms with E-state index < -0.39 is 0 Å². The molecule has 0 N–H and O–H groups in total. The number of Topliss-reactive ketones (excluding diaryl/α,β-unsaturated/α-hetero) is 1. The van der Waals surface area contributed by atoms with Crippen LogP contribution in [0.1, 0.15) is 57.3 Å². The molecule has 0 aliphatic heterocycles. The smallest absolute Gasteiger partial charge is 0.163 e. The molecule has 0 aliphatic rings. The molecule has 1 rings (SSSR count). The van der Waals surface area contributed by atoms with Crippen molar-refractivity contribution in [3.8, 4) is 11.5 Å². The molecular weight excluding hydrogens is 252 g/mol. The Morgan fingerprint density at radius 3 is 2.35 bits per heavy atom. The van der Waals surface area contributed by atoms with Crippen LogP contribution in [-0.4, -0.2) is 19.0 Å². The lowest BCUT2D eigenvalue weighted by atomic mass is 10.0. The van der Waals surface area contributed by atoms with Crippen molar-refractivity contribution in [2.75, 3.05) is 13.2 Å². The van der Waals surface area contributed by atoms with Gasteiger partial charge in [-0.05, 0) is 44.4 Å². The monoisotopic (exact) mass is 278 g/mol. The molecule has 0 fully saturated rings. The molecule has 3 heteroatoms. The SMILES string of the molecule is CCOc1ccc(C(=O)CCCC(C)C)cc1OCC. The minimum atomic E-state index is 0.176. The number of carbonyl (C=O) groups is 1. The Morgan fingerprint density at radius 2 is 1.75 bits per heavy atom. The van der Waals surface area contributed by atoms with Gasteiger partial charge in [-0.25, -0.2) is 0 Å². The van der Waals surface area contributed by atoms with Crippen molar-refractivity contribution in [2.24, 2.45) is 5.92 Å². The fourth-order valence-corrected chi connectivity index (χ4v) is 2.04. The van der Waals surface area contributed by atoms with Gasteiger partial charge in [0.2, 0.25) is 0 Å². The molecule has 0 unspecified atom stereocenters. The van der Waals surface area contributed by atoms with E-state index in [0.717, 1.165) is 12.8 Å². The highest BCUT2D eigenvalue weighted by Gasteiger charge is 2.11. The van der Waals surface area contributed by atoms with Crippen LogP contribution >= 0.6 is 0 Å².